The van der Waals surface area contributed by atoms with Gasteiger partial charge in [0.1, 0.15) is 5.76 Å². The van der Waals surface area contributed by atoms with Crippen molar-refractivity contribution in [2.24, 2.45) is 5.92 Å². The topological polar surface area (TPSA) is 53.7 Å². The second kappa shape index (κ2) is 4.70. The zero-order valence-electron chi connectivity index (χ0n) is 9.48. The molecule has 1 saturated heterocycles. The number of piperidine rings is 1. The molecule has 1 N–H and O–H groups in total. The number of aromatic carboxylic acids is 1. The van der Waals surface area contributed by atoms with Gasteiger partial charge in [-0.05, 0) is 37.4 Å². The minimum atomic E-state index is -1.00. The van der Waals surface area contributed by atoms with Gasteiger partial charge in [-0.15, -0.1) is 0 Å². The highest BCUT2D eigenvalue weighted by atomic mass is 16.4. The Kier molecular flexibility index (Phi) is 3.29. The molecular weight excluding hydrogens is 206 g/mol. The minimum absolute atomic E-state index is 0.0278. The molecule has 0 bridgehead atoms. The van der Waals surface area contributed by atoms with Gasteiger partial charge in [0.15, 0.2) is 0 Å². The van der Waals surface area contributed by atoms with Crippen LogP contribution in [0.3, 0.4) is 0 Å². The second-order valence-corrected chi connectivity index (χ2v) is 4.55. The molecule has 0 saturated carbocycles. The van der Waals surface area contributed by atoms with Crippen molar-refractivity contribution >= 4 is 5.97 Å². The fraction of sp³-hybridized carbons (Fsp3) is 0.583. The van der Waals surface area contributed by atoms with Gasteiger partial charge >= 0.3 is 5.97 Å². The average molecular weight is 223 g/mol. The van der Waals surface area contributed by atoms with Gasteiger partial charge in [0.25, 0.3) is 0 Å². The van der Waals surface area contributed by atoms with Crippen LogP contribution in [0.25, 0.3) is 0 Å². The molecule has 2 rings (SSSR count). The first kappa shape index (κ1) is 11.2. The summed E-state index contributed by atoms with van der Waals surface area (Å²) in [6, 6.07) is 3.27. The predicted octanol–water partition coefficient (Wildman–Crippen LogP) is 2.21. The van der Waals surface area contributed by atoms with E-state index in [9.17, 15) is 4.79 Å². The molecule has 88 valence electrons. The zero-order valence-corrected chi connectivity index (χ0v) is 9.48. The molecule has 0 aliphatic carbocycles. The molecule has 1 atom stereocenters. The Labute approximate surface area is 94.9 Å². The molecule has 0 spiro atoms. The molecule has 0 aromatic carbocycles. The van der Waals surface area contributed by atoms with E-state index in [1.54, 1.807) is 6.07 Å². The predicted molar refractivity (Wildman–Crippen MR) is 59.3 cm³/mol. The van der Waals surface area contributed by atoms with E-state index >= 15 is 0 Å². The third-order valence-electron chi connectivity index (χ3n) is 2.99. The van der Waals surface area contributed by atoms with E-state index in [4.69, 9.17) is 9.52 Å². The van der Waals surface area contributed by atoms with Gasteiger partial charge in [-0.3, -0.25) is 4.90 Å². The normalized spacial score (nSPS) is 22.2. The van der Waals surface area contributed by atoms with Crippen LogP contribution < -0.4 is 0 Å². The lowest BCUT2D eigenvalue weighted by Crippen LogP contribution is -2.33. The van der Waals surface area contributed by atoms with Gasteiger partial charge in [-0.1, -0.05) is 6.92 Å². The Bertz CT molecular complexity index is 372. The molecule has 1 aliphatic rings. The molecule has 1 aromatic heterocycles. The summed E-state index contributed by atoms with van der Waals surface area (Å²) < 4.78 is 5.24. The minimum Gasteiger partial charge on any atom is -0.475 e. The summed E-state index contributed by atoms with van der Waals surface area (Å²) in [5.41, 5.74) is 0. The summed E-state index contributed by atoms with van der Waals surface area (Å²) in [5, 5.41) is 8.74. The SMILES string of the molecule is C[C@@H]1CCCN(Cc2ccc(C(=O)O)o2)C1. The lowest BCUT2D eigenvalue weighted by Gasteiger charge is -2.29. The van der Waals surface area contributed by atoms with Crippen LogP contribution in [-0.4, -0.2) is 29.1 Å². The number of nitrogens with zero attached hydrogens (tertiary/aromatic N) is 1. The highest BCUT2D eigenvalue weighted by Gasteiger charge is 2.18. The molecule has 2 heterocycles. The van der Waals surface area contributed by atoms with Crippen LogP contribution in [0.4, 0.5) is 0 Å². The highest BCUT2D eigenvalue weighted by molar-refractivity contribution is 5.84. The summed E-state index contributed by atoms with van der Waals surface area (Å²) in [6.45, 7) is 5.12. The smallest absolute Gasteiger partial charge is 0.371 e. The van der Waals surface area contributed by atoms with Crippen LogP contribution in [0.5, 0.6) is 0 Å². The van der Waals surface area contributed by atoms with Crippen LogP contribution in [0.15, 0.2) is 16.5 Å². The summed E-state index contributed by atoms with van der Waals surface area (Å²) in [7, 11) is 0. The largest absolute Gasteiger partial charge is 0.475 e. The van der Waals surface area contributed by atoms with E-state index in [0.29, 0.717) is 0 Å². The molecule has 0 unspecified atom stereocenters. The van der Waals surface area contributed by atoms with Crippen molar-refractivity contribution in [3.05, 3.63) is 23.7 Å². The van der Waals surface area contributed by atoms with Crippen molar-refractivity contribution in [3.8, 4) is 0 Å². The summed E-state index contributed by atoms with van der Waals surface area (Å²) in [4.78, 5) is 13.0. The summed E-state index contributed by atoms with van der Waals surface area (Å²) in [6.07, 6.45) is 2.50. The van der Waals surface area contributed by atoms with Crippen molar-refractivity contribution in [2.45, 2.75) is 26.3 Å². The maximum atomic E-state index is 10.7. The van der Waals surface area contributed by atoms with Crippen LogP contribution >= 0.6 is 0 Å². The van der Waals surface area contributed by atoms with Crippen molar-refractivity contribution in [1.29, 1.82) is 0 Å². The third-order valence-corrected chi connectivity index (χ3v) is 2.99. The first-order chi connectivity index (χ1) is 7.65. The van der Waals surface area contributed by atoms with Crippen molar-refractivity contribution < 1.29 is 14.3 Å². The van der Waals surface area contributed by atoms with Gasteiger partial charge in [0, 0.05) is 6.54 Å². The number of carboxylic acid groups (broad SMARTS) is 1. The first-order valence-electron chi connectivity index (χ1n) is 5.69. The number of hydrogen-bond donors (Lipinski definition) is 1. The molecule has 16 heavy (non-hydrogen) atoms. The van der Waals surface area contributed by atoms with Crippen LogP contribution in [0, 0.1) is 5.92 Å². The quantitative estimate of drug-likeness (QED) is 0.853. The standard InChI is InChI=1S/C12H17NO3/c1-9-3-2-6-13(7-9)8-10-4-5-11(16-10)12(14)15/h4-5,9H,2-3,6-8H2,1H3,(H,14,15)/t9-/m1/s1. The van der Waals surface area contributed by atoms with Gasteiger partial charge in [-0.25, -0.2) is 4.79 Å². The molecular formula is C12H17NO3. The van der Waals surface area contributed by atoms with E-state index in [0.717, 1.165) is 31.3 Å². The van der Waals surface area contributed by atoms with E-state index in [2.05, 4.69) is 11.8 Å². The lowest BCUT2D eigenvalue weighted by atomic mass is 10.0. The number of carbonyl (C=O) groups is 1. The average Bonchev–Trinajstić information content (AvgIpc) is 2.66. The van der Waals surface area contributed by atoms with Crippen molar-refractivity contribution in [1.82, 2.24) is 4.90 Å². The second-order valence-electron chi connectivity index (χ2n) is 4.55. The van der Waals surface area contributed by atoms with E-state index < -0.39 is 5.97 Å². The lowest BCUT2D eigenvalue weighted by molar-refractivity contribution is 0.0657. The molecule has 0 radical (unpaired) electrons. The maximum absolute atomic E-state index is 10.7. The number of rotatable bonds is 3. The maximum Gasteiger partial charge on any atom is 0.371 e. The van der Waals surface area contributed by atoms with Gasteiger partial charge in [0.05, 0.1) is 6.54 Å². The molecule has 4 heteroatoms. The molecule has 1 aromatic rings. The Balaban J connectivity index is 1.95. The summed E-state index contributed by atoms with van der Waals surface area (Å²) >= 11 is 0. The number of hydrogen-bond acceptors (Lipinski definition) is 3. The Morgan fingerprint density at radius 2 is 2.44 bits per heavy atom. The van der Waals surface area contributed by atoms with Gasteiger partial charge in [-0.2, -0.15) is 0 Å². The third kappa shape index (κ3) is 2.64. The molecule has 1 fully saturated rings. The molecule has 0 amide bonds. The fourth-order valence-corrected chi connectivity index (χ4v) is 2.23. The Hall–Kier alpha value is -1.29. The molecule has 1 aliphatic heterocycles. The monoisotopic (exact) mass is 223 g/mol. The van der Waals surface area contributed by atoms with Gasteiger partial charge < -0.3 is 9.52 Å². The van der Waals surface area contributed by atoms with E-state index in [-0.39, 0.29) is 5.76 Å². The van der Waals surface area contributed by atoms with Crippen LogP contribution in [-0.2, 0) is 6.54 Å². The number of carboxylic acids is 1. The fourth-order valence-electron chi connectivity index (χ4n) is 2.23. The van der Waals surface area contributed by atoms with Gasteiger partial charge in [0.2, 0.25) is 5.76 Å². The number of likely N-dealkylation sites (tertiary alicyclic amines) is 1. The van der Waals surface area contributed by atoms with E-state index in [1.165, 1.54) is 18.9 Å². The van der Waals surface area contributed by atoms with Crippen LogP contribution in [0.2, 0.25) is 0 Å². The van der Waals surface area contributed by atoms with Crippen molar-refractivity contribution in [2.75, 3.05) is 13.1 Å². The highest BCUT2D eigenvalue weighted by Crippen LogP contribution is 2.18. The van der Waals surface area contributed by atoms with Crippen molar-refractivity contribution in [3.63, 3.8) is 0 Å². The van der Waals surface area contributed by atoms with E-state index in [1.807, 2.05) is 0 Å². The zero-order chi connectivity index (χ0) is 11.5. The first-order valence-corrected chi connectivity index (χ1v) is 5.69. The van der Waals surface area contributed by atoms with Crippen LogP contribution in [0.1, 0.15) is 36.1 Å². The molecule has 4 nitrogen and oxygen atoms in total. The summed E-state index contributed by atoms with van der Waals surface area (Å²) in [5.74, 6) is 0.493. The Morgan fingerprint density at radius 3 is 3.06 bits per heavy atom. The number of furan rings is 1. The Morgan fingerprint density at radius 1 is 1.62 bits per heavy atom.